The fourth-order valence-corrected chi connectivity index (χ4v) is 4.87. The molecule has 1 fully saturated rings. The van der Waals surface area contributed by atoms with Crippen molar-refractivity contribution in [3.8, 4) is 0 Å². The summed E-state index contributed by atoms with van der Waals surface area (Å²) in [5.74, 6) is 1.19. The lowest BCUT2D eigenvalue weighted by molar-refractivity contribution is -0.133. The number of rotatable bonds is 4. The highest BCUT2D eigenvalue weighted by Crippen LogP contribution is 2.33. The van der Waals surface area contributed by atoms with Crippen molar-refractivity contribution in [3.05, 3.63) is 53.2 Å². The molecule has 0 unspecified atom stereocenters. The first-order valence-corrected chi connectivity index (χ1v) is 10.7. The Balaban J connectivity index is 1.54. The molecule has 4 rings (SSSR count). The monoisotopic (exact) mass is 394 g/mol. The molecule has 2 atom stereocenters. The predicted octanol–water partition coefficient (Wildman–Crippen LogP) is 3.92. The van der Waals surface area contributed by atoms with E-state index in [0.717, 1.165) is 34.6 Å². The Morgan fingerprint density at radius 2 is 1.93 bits per heavy atom. The number of hydrogen-bond donors (Lipinski definition) is 0. The standard InChI is InChI=1S/C22H26N4OS/c1-4-18-11-19-21(23-14-24-22(19)28-18)26-13-15(2)25(12-16(26)3)20(27)10-17-8-6-5-7-9-17/h5-9,11,14-16H,4,10,12-13H2,1-3H3/t15-,16+/m0/s1. The molecule has 0 spiro atoms. The molecular weight excluding hydrogens is 368 g/mol. The van der Waals surface area contributed by atoms with Crippen LogP contribution in [0.3, 0.4) is 0 Å². The first-order chi connectivity index (χ1) is 13.6. The van der Waals surface area contributed by atoms with Crippen molar-refractivity contribution in [1.82, 2.24) is 14.9 Å². The number of carbonyl (C=O) groups is 1. The molecule has 0 saturated carbocycles. The molecule has 0 radical (unpaired) electrons. The summed E-state index contributed by atoms with van der Waals surface area (Å²) in [6, 6.07) is 12.6. The van der Waals surface area contributed by atoms with Crippen LogP contribution < -0.4 is 4.90 Å². The van der Waals surface area contributed by atoms with E-state index in [4.69, 9.17) is 0 Å². The number of aromatic nitrogens is 2. The maximum Gasteiger partial charge on any atom is 0.227 e. The van der Waals surface area contributed by atoms with Crippen LogP contribution >= 0.6 is 11.3 Å². The van der Waals surface area contributed by atoms with Gasteiger partial charge < -0.3 is 9.80 Å². The molecule has 5 nitrogen and oxygen atoms in total. The third kappa shape index (κ3) is 3.61. The van der Waals surface area contributed by atoms with Gasteiger partial charge in [-0.05, 0) is 31.9 Å². The van der Waals surface area contributed by atoms with E-state index in [1.165, 1.54) is 4.88 Å². The first kappa shape index (κ1) is 18.9. The fourth-order valence-electron chi connectivity index (χ4n) is 3.94. The maximum atomic E-state index is 12.9. The Bertz CT molecular complexity index is 971. The van der Waals surface area contributed by atoms with E-state index in [-0.39, 0.29) is 18.0 Å². The Kier molecular flexibility index (Phi) is 5.31. The topological polar surface area (TPSA) is 49.3 Å². The molecule has 2 aromatic heterocycles. The highest BCUT2D eigenvalue weighted by atomic mass is 32.1. The molecule has 1 aliphatic heterocycles. The van der Waals surface area contributed by atoms with Gasteiger partial charge in [-0.15, -0.1) is 11.3 Å². The number of carbonyl (C=O) groups excluding carboxylic acids is 1. The second-order valence-corrected chi connectivity index (χ2v) is 8.66. The third-order valence-electron chi connectivity index (χ3n) is 5.48. The number of thiophene rings is 1. The summed E-state index contributed by atoms with van der Waals surface area (Å²) in [4.78, 5) is 28.7. The molecule has 1 amide bonds. The number of amides is 1. The molecule has 1 aromatic carbocycles. The van der Waals surface area contributed by atoms with Gasteiger partial charge in [-0.2, -0.15) is 0 Å². The maximum absolute atomic E-state index is 12.9. The molecule has 0 bridgehead atoms. The summed E-state index contributed by atoms with van der Waals surface area (Å²) in [5.41, 5.74) is 1.07. The number of anilines is 1. The number of hydrogen-bond acceptors (Lipinski definition) is 5. The van der Waals surface area contributed by atoms with E-state index in [0.29, 0.717) is 13.0 Å². The number of nitrogens with zero attached hydrogens (tertiary/aromatic N) is 4. The molecular formula is C22H26N4OS. The minimum Gasteiger partial charge on any atom is -0.349 e. The van der Waals surface area contributed by atoms with E-state index in [2.05, 4.69) is 41.7 Å². The summed E-state index contributed by atoms with van der Waals surface area (Å²) >= 11 is 1.74. The average molecular weight is 395 g/mol. The van der Waals surface area contributed by atoms with E-state index >= 15 is 0 Å². The van der Waals surface area contributed by atoms with Gasteiger partial charge >= 0.3 is 0 Å². The Hall–Kier alpha value is -2.47. The quantitative estimate of drug-likeness (QED) is 0.673. The minimum absolute atomic E-state index is 0.140. The molecule has 0 aliphatic carbocycles. The Morgan fingerprint density at radius 1 is 1.14 bits per heavy atom. The predicted molar refractivity (Wildman–Crippen MR) is 115 cm³/mol. The van der Waals surface area contributed by atoms with E-state index in [1.807, 2.05) is 35.2 Å². The van der Waals surface area contributed by atoms with Crippen molar-refractivity contribution >= 4 is 33.3 Å². The lowest BCUT2D eigenvalue weighted by Crippen LogP contribution is -2.58. The van der Waals surface area contributed by atoms with E-state index in [9.17, 15) is 4.79 Å². The normalized spacial score (nSPS) is 20.0. The molecule has 0 N–H and O–H groups in total. The fraction of sp³-hybridized carbons (Fsp3) is 0.409. The summed E-state index contributed by atoms with van der Waals surface area (Å²) in [5, 5.41) is 1.13. The van der Waals surface area contributed by atoms with Gasteiger partial charge in [-0.3, -0.25) is 4.79 Å². The van der Waals surface area contributed by atoms with Crippen LogP contribution in [0.15, 0.2) is 42.7 Å². The Morgan fingerprint density at radius 3 is 2.68 bits per heavy atom. The van der Waals surface area contributed by atoms with Gasteiger partial charge in [0.15, 0.2) is 0 Å². The summed E-state index contributed by atoms with van der Waals surface area (Å²) in [6.45, 7) is 7.97. The van der Waals surface area contributed by atoms with Crippen molar-refractivity contribution < 1.29 is 4.79 Å². The van der Waals surface area contributed by atoms with Crippen molar-refractivity contribution in [2.45, 2.75) is 45.7 Å². The summed E-state index contributed by atoms with van der Waals surface area (Å²) in [6.07, 6.45) is 3.13. The lowest BCUT2D eigenvalue weighted by atomic mass is 10.1. The minimum atomic E-state index is 0.140. The highest BCUT2D eigenvalue weighted by molar-refractivity contribution is 7.18. The van der Waals surface area contributed by atoms with Crippen LogP contribution in [0.4, 0.5) is 5.82 Å². The van der Waals surface area contributed by atoms with Gasteiger partial charge in [0.05, 0.1) is 11.8 Å². The molecule has 3 heterocycles. The average Bonchev–Trinajstić information content (AvgIpc) is 3.13. The van der Waals surface area contributed by atoms with Crippen LogP contribution in [0.25, 0.3) is 10.2 Å². The third-order valence-corrected chi connectivity index (χ3v) is 6.67. The number of benzene rings is 1. The summed E-state index contributed by atoms with van der Waals surface area (Å²) < 4.78 is 0. The van der Waals surface area contributed by atoms with Crippen molar-refractivity contribution in [1.29, 1.82) is 0 Å². The second kappa shape index (κ2) is 7.87. The number of piperazine rings is 1. The van der Waals surface area contributed by atoms with E-state index < -0.39 is 0 Å². The smallest absolute Gasteiger partial charge is 0.227 e. The molecule has 146 valence electrons. The van der Waals surface area contributed by atoms with Gasteiger partial charge in [-0.25, -0.2) is 9.97 Å². The van der Waals surface area contributed by atoms with Crippen LogP contribution in [0.5, 0.6) is 0 Å². The highest BCUT2D eigenvalue weighted by Gasteiger charge is 2.33. The second-order valence-electron chi connectivity index (χ2n) is 7.54. The molecule has 3 aromatic rings. The van der Waals surface area contributed by atoms with Crippen LogP contribution in [-0.4, -0.2) is 45.9 Å². The SMILES string of the molecule is CCc1cc2c(N3C[C@H](C)N(C(=O)Cc4ccccc4)C[C@H]3C)ncnc2s1. The zero-order chi connectivity index (χ0) is 19.7. The van der Waals surface area contributed by atoms with Gasteiger partial charge in [0.1, 0.15) is 17.0 Å². The van der Waals surface area contributed by atoms with Gasteiger partial charge in [0.25, 0.3) is 0 Å². The van der Waals surface area contributed by atoms with Gasteiger partial charge in [0, 0.05) is 30.1 Å². The molecule has 6 heteroatoms. The zero-order valence-electron chi connectivity index (χ0n) is 16.6. The zero-order valence-corrected chi connectivity index (χ0v) is 17.4. The largest absolute Gasteiger partial charge is 0.349 e. The molecule has 28 heavy (non-hydrogen) atoms. The van der Waals surface area contributed by atoms with Crippen molar-refractivity contribution in [2.75, 3.05) is 18.0 Å². The van der Waals surface area contributed by atoms with Crippen LogP contribution in [-0.2, 0) is 17.6 Å². The van der Waals surface area contributed by atoms with Crippen LogP contribution in [0, 0.1) is 0 Å². The Labute approximate surface area is 170 Å². The number of aryl methyl sites for hydroxylation is 1. The summed E-state index contributed by atoms with van der Waals surface area (Å²) in [7, 11) is 0. The van der Waals surface area contributed by atoms with Gasteiger partial charge in [-0.1, -0.05) is 37.3 Å². The lowest BCUT2D eigenvalue weighted by Gasteiger charge is -2.45. The van der Waals surface area contributed by atoms with Gasteiger partial charge in [0.2, 0.25) is 5.91 Å². The van der Waals surface area contributed by atoms with Crippen molar-refractivity contribution in [3.63, 3.8) is 0 Å². The van der Waals surface area contributed by atoms with Crippen LogP contribution in [0.2, 0.25) is 0 Å². The van der Waals surface area contributed by atoms with Crippen LogP contribution in [0.1, 0.15) is 31.2 Å². The molecule has 1 saturated heterocycles. The molecule has 1 aliphatic rings. The number of fused-ring (bicyclic) bond motifs is 1. The first-order valence-electron chi connectivity index (χ1n) is 9.90. The van der Waals surface area contributed by atoms with E-state index in [1.54, 1.807) is 17.7 Å². The van der Waals surface area contributed by atoms with Crippen molar-refractivity contribution in [2.24, 2.45) is 0 Å².